The Kier molecular flexibility index (Phi) is 4.44. The highest BCUT2D eigenvalue weighted by Crippen LogP contribution is 2.26. The second-order valence-electron chi connectivity index (χ2n) is 3.42. The van der Waals surface area contributed by atoms with Crippen LogP contribution in [0.25, 0.3) is 0 Å². The van der Waals surface area contributed by atoms with Crippen LogP contribution in [0.5, 0.6) is 0 Å². The minimum absolute atomic E-state index is 0.0844. The third-order valence-electron chi connectivity index (χ3n) is 2.33. The SMILES string of the molecule is COC(=O)C(C)C(O)c1ccc(Br)cc1F. The van der Waals surface area contributed by atoms with Crippen LogP contribution >= 0.6 is 15.9 Å². The Morgan fingerprint density at radius 1 is 1.56 bits per heavy atom. The summed E-state index contributed by atoms with van der Waals surface area (Å²) in [5.41, 5.74) is 0.0844. The van der Waals surface area contributed by atoms with E-state index in [-0.39, 0.29) is 5.56 Å². The van der Waals surface area contributed by atoms with Crippen LogP contribution in [0.4, 0.5) is 4.39 Å². The molecule has 0 heterocycles. The molecule has 0 saturated carbocycles. The van der Waals surface area contributed by atoms with Crippen LogP contribution in [0.3, 0.4) is 0 Å². The molecule has 88 valence electrons. The fourth-order valence-electron chi connectivity index (χ4n) is 1.33. The van der Waals surface area contributed by atoms with Gasteiger partial charge in [0, 0.05) is 10.0 Å². The molecule has 0 radical (unpaired) electrons. The Morgan fingerprint density at radius 3 is 2.69 bits per heavy atom. The van der Waals surface area contributed by atoms with Crippen molar-refractivity contribution in [3.8, 4) is 0 Å². The second-order valence-corrected chi connectivity index (χ2v) is 4.34. The molecule has 0 aliphatic carbocycles. The van der Waals surface area contributed by atoms with E-state index in [9.17, 15) is 14.3 Å². The van der Waals surface area contributed by atoms with Gasteiger partial charge in [0.15, 0.2) is 0 Å². The quantitative estimate of drug-likeness (QED) is 0.870. The molecule has 16 heavy (non-hydrogen) atoms. The number of aliphatic hydroxyl groups excluding tert-OH is 1. The average molecular weight is 291 g/mol. The Labute approximate surface area is 101 Å². The fraction of sp³-hybridized carbons (Fsp3) is 0.364. The number of hydrogen-bond donors (Lipinski definition) is 1. The highest BCUT2D eigenvalue weighted by Gasteiger charge is 2.26. The minimum Gasteiger partial charge on any atom is -0.469 e. The van der Waals surface area contributed by atoms with Crippen molar-refractivity contribution in [1.82, 2.24) is 0 Å². The van der Waals surface area contributed by atoms with Crippen LogP contribution in [-0.4, -0.2) is 18.2 Å². The van der Waals surface area contributed by atoms with Crippen molar-refractivity contribution in [3.63, 3.8) is 0 Å². The maximum Gasteiger partial charge on any atom is 0.311 e. The van der Waals surface area contributed by atoms with Crippen LogP contribution in [0, 0.1) is 11.7 Å². The lowest BCUT2D eigenvalue weighted by Gasteiger charge is -2.17. The van der Waals surface area contributed by atoms with Crippen LogP contribution < -0.4 is 0 Å². The molecule has 1 aromatic rings. The summed E-state index contributed by atoms with van der Waals surface area (Å²) in [6, 6.07) is 4.28. The van der Waals surface area contributed by atoms with Crippen molar-refractivity contribution < 1.29 is 19.0 Å². The van der Waals surface area contributed by atoms with Gasteiger partial charge in [-0.1, -0.05) is 22.0 Å². The molecule has 0 fully saturated rings. The number of methoxy groups -OCH3 is 1. The molecule has 2 atom stereocenters. The topological polar surface area (TPSA) is 46.5 Å². The zero-order chi connectivity index (χ0) is 12.3. The number of esters is 1. The molecule has 0 bridgehead atoms. The molecule has 1 aromatic carbocycles. The Hall–Kier alpha value is -0.940. The second kappa shape index (κ2) is 5.41. The first-order valence-electron chi connectivity index (χ1n) is 4.68. The molecule has 0 amide bonds. The van der Waals surface area contributed by atoms with Crippen LogP contribution in [0.1, 0.15) is 18.6 Å². The van der Waals surface area contributed by atoms with Gasteiger partial charge in [-0.05, 0) is 19.1 Å². The molecule has 0 spiro atoms. The summed E-state index contributed by atoms with van der Waals surface area (Å²) in [6.07, 6.45) is -1.21. The molecule has 5 heteroatoms. The number of carbonyl (C=O) groups is 1. The maximum absolute atomic E-state index is 13.5. The Bertz CT molecular complexity index is 395. The highest BCUT2D eigenvalue weighted by atomic mass is 79.9. The van der Waals surface area contributed by atoms with Crippen molar-refractivity contribution in [3.05, 3.63) is 34.1 Å². The van der Waals surface area contributed by atoms with E-state index >= 15 is 0 Å². The van der Waals surface area contributed by atoms with Crippen LogP contribution in [-0.2, 0) is 9.53 Å². The first-order chi connectivity index (χ1) is 7.47. The molecule has 3 nitrogen and oxygen atoms in total. The third-order valence-corrected chi connectivity index (χ3v) is 2.82. The average Bonchev–Trinajstić information content (AvgIpc) is 2.26. The minimum atomic E-state index is -1.21. The van der Waals surface area contributed by atoms with Crippen molar-refractivity contribution in [2.45, 2.75) is 13.0 Å². The normalized spacial score (nSPS) is 14.3. The lowest BCUT2D eigenvalue weighted by Crippen LogP contribution is -2.21. The molecule has 1 rings (SSSR count). The summed E-state index contributed by atoms with van der Waals surface area (Å²) in [6.45, 7) is 1.48. The monoisotopic (exact) mass is 290 g/mol. The summed E-state index contributed by atoms with van der Waals surface area (Å²) < 4.78 is 18.5. The van der Waals surface area contributed by atoms with Gasteiger partial charge in [0.2, 0.25) is 0 Å². The van der Waals surface area contributed by atoms with E-state index in [1.807, 2.05) is 0 Å². The fourth-order valence-corrected chi connectivity index (χ4v) is 1.66. The van der Waals surface area contributed by atoms with Crippen molar-refractivity contribution in [2.24, 2.45) is 5.92 Å². The van der Waals surface area contributed by atoms with E-state index in [2.05, 4.69) is 20.7 Å². The van der Waals surface area contributed by atoms with Gasteiger partial charge >= 0.3 is 5.97 Å². The number of halogens is 2. The maximum atomic E-state index is 13.5. The van der Waals surface area contributed by atoms with Gasteiger partial charge < -0.3 is 9.84 Å². The number of hydrogen-bond acceptors (Lipinski definition) is 3. The Morgan fingerprint density at radius 2 is 2.19 bits per heavy atom. The van der Waals surface area contributed by atoms with Gasteiger partial charge in [0.1, 0.15) is 5.82 Å². The van der Waals surface area contributed by atoms with E-state index in [0.717, 1.165) is 0 Å². The third kappa shape index (κ3) is 2.80. The van der Waals surface area contributed by atoms with E-state index in [0.29, 0.717) is 4.47 Å². The summed E-state index contributed by atoms with van der Waals surface area (Å²) in [7, 11) is 1.23. The first-order valence-corrected chi connectivity index (χ1v) is 5.47. The van der Waals surface area contributed by atoms with Crippen molar-refractivity contribution >= 4 is 21.9 Å². The highest BCUT2D eigenvalue weighted by molar-refractivity contribution is 9.10. The summed E-state index contributed by atoms with van der Waals surface area (Å²) >= 11 is 3.11. The predicted octanol–water partition coefficient (Wildman–Crippen LogP) is 2.43. The smallest absolute Gasteiger partial charge is 0.311 e. The van der Waals surface area contributed by atoms with Gasteiger partial charge in [-0.3, -0.25) is 4.79 Å². The summed E-state index contributed by atoms with van der Waals surface area (Å²) in [5, 5.41) is 9.81. The lowest BCUT2D eigenvalue weighted by atomic mass is 9.97. The lowest BCUT2D eigenvalue weighted by molar-refractivity contribution is -0.148. The molecule has 0 aliphatic heterocycles. The van der Waals surface area contributed by atoms with E-state index in [1.54, 1.807) is 6.07 Å². The molecular formula is C11H12BrFO3. The number of aliphatic hydroxyl groups is 1. The molecule has 1 N–H and O–H groups in total. The number of rotatable bonds is 3. The predicted molar refractivity (Wildman–Crippen MR) is 60.2 cm³/mol. The first kappa shape index (κ1) is 13.1. The molecular weight excluding hydrogens is 279 g/mol. The molecule has 2 unspecified atom stereocenters. The van der Waals surface area contributed by atoms with Gasteiger partial charge in [0.25, 0.3) is 0 Å². The van der Waals surface area contributed by atoms with Gasteiger partial charge in [-0.25, -0.2) is 4.39 Å². The van der Waals surface area contributed by atoms with Gasteiger partial charge in [0.05, 0.1) is 19.1 Å². The summed E-state index contributed by atoms with van der Waals surface area (Å²) in [4.78, 5) is 11.2. The largest absolute Gasteiger partial charge is 0.469 e. The summed E-state index contributed by atoms with van der Waals surface area (Å²) in [5.74, 6) is -1.94. The number of carbonyl (C=O) groups excluding carboxylic acids is 1. The zero-order valence-corrected chi connectivity index (χ0v) is 10.5. The van der Waals surface area contributed by atoms with Crippen LogP contribution in [0.15, 0.2) is 22.7 Å². The van der Waals surface area contributed by atoms with E-state index in [1.165, 1.54) is 26.2 Å². The van der Waals surface area contributed by atoms with Crippen molar-refractivity contribution in [1.29, 1.82) is 0 Å². The van der Waals surface area contributed by atoms with Gasteiger partial charge in [-0.15, -0.1) is 0 Å². The molecule has 0 aromatic heterocycles. The molecule has 0 aliphatic rings. The molecule has 0 saturated heterocycles. The zero-order valence-electron chi connectivity index (χ0n) is 8.91. The standard InChI is InChI=1S/C11H12BrFO3/c1-6(11(15)16-2)10(14)8-4-3-7(12)5-9(8)13/h3-6,10,14H,1-2H3. The van der Waals surface area contributed by atoms with Crippen LogP contribution in [0.2, 0.25) is 0 Å². The number of benzene rings is 1. The van der Waals surface area contributed by atoms with Gasteiger partial charge in [-0.2, -0.15) is 0 Å². The van der Waals surface area contributed by atoms with E-state index < -0.39 is 23.8 Å². The Balaban J connectivity index is 2.96. The van der Waals surface area contributed by atoms with E-state index in [4.69, 9.17) is 0 Å². The number of ether oxygens (including phenoxy) is 1. The van der Waals surface area contributed by atoms with Crippen molar-refractivity contribution in [2.75, 3.05) is 7.11 Å².